The zero-order valence-corrected chi connectivity index (χ0v) is 8.04. The Kier molecular flexibility index (Phi) is 2.75. The Balaban J connectivity index is 3.09. The van der Waals surface area contributed by atoms with E-state index in [1.807, 2.05) is 12.1 Å². The van der Waals surface area contributed by atoms with Gasteiger partial charge in [0.05, 0.1) is 0 Å². The van der Waals surface area contributed by atoms with Crippen LogP contribution in [0.15, 0.2) is 18.2 Å². The normalized spacial score (nSPS) is 9.90. The zero-order valence-electron chi connectivity index (χ0n) is 5.70. The summed E-state index contributed by atoms with van der Waals surface area (Å²) in [7, 11) is 0. The molecule has 0 N–H and O–H groups in total. The van der Waals surface area contributed by atoms with Crippen LogP contribution in [0.3, 0.4) is 0 Å². The van der Waals surface area contributed by atoms with Gasteiger partial charge in [0.1, 0.15) is 0 Å². The van der Waals surface area contributed by atoms with E-state index in [0.29, 0.717) is 0 Å². The minimum atomic E-state index is 0.827. The van der Waals surface area contributed by atoms with Gasteiger partial charge in [0.15, 0.2) is 0 Å². The average molecular weight is 220 g/mol. The standard InChI is InChI=1S/C8H8BrCl/c1-6-2-3-8(10)7(4-6)5-9/h2-4H,5H2,1H3. The summed E-state index contributed by atoms with van der Waals surface area (Å²) in [6.45, 7) is 2.06. The average Bonchev–Trinajstić information content (AvgIpc) is 1.94. The van der Waals surface area contributed by atoms with Crippen LogP contribution >= 0.6 is 27.5 Å². The molecule has 0 nitrogen and oxygen atoms in total. The van der Waals surface area contributed by atoms with E-state index in [1.54, 1.807) is 0 Å². The molecule has 0 radical (unpaired) electrons. The highest BCUT2D eigenvalue weighted by Gasteiger charge is 1.96. The van der Waals surface area contributed by atoms with Gasteiger partial charge >= 0.3 is 0 Å². The second kappa shape index (κ2) is 3.40. The quantitative estimate of drug-likeness (QED) is 0.634. The van der Waals surface area contributed by atoms with Crippen molar-refractivity contribution in [1.29, 1.82) is 0 Å². The van der Waals surface area contributed by atoms with Crippen LogP contribution in [0.5, 0.6) is 0 Å². The second-order valence-corrected chi connectivity index (χ2v) is 3.20. The smallest absolute Gasteiger partial charge is 0.0446 e. The van der Waals surface area contributed by atoms with Crippen molar-refractivity contribution in [2.45, 2.75) is 12.3 Å². The molecule has 1 aromatic rings. The van der Waals surface area contributed by atoms with Gasteiger partial charge in [-0.1, -0.05) is 45.2 Å². The lowest BCUT2D eigenvalue weighted by molar-refractivity contribution is 1.37. The van der Waals surface area contributed by atoms with Crippen molar-refractivity contribution < 1.29 is 0 Å². The predicted molar refractivity (Wildman–Crippen MR) is 48.8 cm³/mol. The Hall–Kier alpha value is -0.0100. The van der Waals surface area contributed by atoms with E-state index in [-0.39, 0.29) is 0 Å². The van der Waals surface area contributed by atoms with Crippen molar-refractivity contribution in [2.75, 3.05) is 0 Å². The summed E-state index contributed by atoms with van der Waals surface area (Å²) >= 11 is 9.22. The highest BCUT2D eigenvalue weighted by Crippen LogP contribution is 2.19. The first-order valence-electron chi connectivity index (χ1n) is 3.05. The summed E-state index contributed by atoms with van der Waals surface area (Å²) in [4.78, 5) is 0. The summed E-state index contributed by atoms with van der Waals surface area (Å²) in [5, 5.41) is 1.66. The van der Waals surface area contributed by atoms with Crippen LogP contribution in [-0.4, -0.2) is 0 Å². The summed E-state index contributed by atoms with van der Waals surface area (Å²) in [6.07, 6.45) is 0. The molecule has 10 heavy (non-hydrogen) atoms. The summed E-state index contributed by atoms with van der Waals surface area (Å²) in [5.74, 6) is 0. The fourth-order valence-corrected chi connectivity index (χ4v) is 1.62. The van der Waals surface area contributed by atoms with Crippen LogP contribution in [0, 0.1) is 6.92 Å². The molecule has 0 aromatic heterocycles. The van der Waals surface area contributed by atoms with Crippen LogP contribution in [0.1, 0.15) is 11.1 Å². The van der Waals surface area contributed by atoms with E-state index in [1.165, 1.54) is 5.56 Å². The van der Waals surface area contributed by atoms with Gasteiger partial charge in [0.25, 0.3) is 0 Å². The van der Waals surface area contributed by atoms with Crippen LogP contribution in [0.2, 0.25) is 5.02 Å². The lowest BCUT2D eigenvalue weighted by Crippen LogP contribution is -1.80. The molecule has 0 bridgehead atoms. The van der Waals surface area contributed by atoms with Gasteiger partial charge in [0.2, 0.25) is 0 Å². The van der Waals surface area contributed by atoms with Crippen molar-refractivity contribution in [3.8, 4) is 0 Å². The van der Waals surface area contributed by atoms with Crippen molar-refractivity contribution in [3.05, 3.63) is 34.3 Å². The first-order valence-corrected chi connectivity index (χ1v) is 4.55. The highest BCUT2D eigenvalue weighted by molar-refractivity contribution is 9.08. The second-order valence-electron chi connectivity index (χ2n) is 2.23. The molecule has 1 rings (SSSR count). The van der Waals surface area contributed by atoms with Gasteiger partial charge < -0.3 is 0 Å². The highest BCUT2D eigenvalue weighted by atomic mass is 79.9. The van der Waals surface area contributed by atoms with Gasteiger partial charge in [0, 0.05) is 10.4 Å². The van der Waals surface area contributed by atoms with E-state index in [0.717, 1.165) is 15.9 Å². The monoisotopic (exact) mass is 218 g/mol. The minimum Gasteiger partial charge on any atom is -0.0876 e. The molecule has 0 atom stereocenters. The number of benzene rings is 1. The van der Waals surface area contributed by atoms with Gasteiger partial charge in [-0.3, -0.25) is 0 Å². The maximum Gasteiger partial charge on any atom is 0.0446 e. The summed E-state index contributed by atoms with van der Waals surface area (Å²) in [6, 6.07) is 6.01. The molecular formula is C8H8BrCl. The van der Waals surface area contributed by atoms with E-state index in [4.69, 9.17) is 11.6 Å². The molecule has 0 saturated heterocycles. The van der Waals surface area contributed by atoms with Gasteiger partial charge in [-0.15, -0.1) is 0 Å². The zero-order chi connectivity index (χ0) is 7.56. The van der Waals surface area contributed by atoms with E-state index in [9.17, 15) is 0 Å². The molecule has 0 saturated carbocycles. The molecule has 54 valence electrons. The van der Waals surface area contributed by atoms with Gasteiger partial charge in [-0.2, -0.15) is 0 Å². The largest absolute Gasteiger partial charge is 0.0876 e. The first-order chi connectivity index (χ1) is 4.74. The number of alkyl halides is 1. The number of hydrogen-bond acceptors (Lipinski definition) is 0. The molecule has 2 heteroatoms. The first kappa shape index (κ1) is 8.09. The van der Waals surface area contributed by atoms with Crippen molar-refractivity contribution in [3.63, 3.8) is 0 Å². The molecule has 0 aliphatic heterocycles. The van der Waals surface area contributed by atoms with Crippen LogP contribution in [0.4, 0.5) is 0 Å². The lowest BCUT2D eigenvalue weighted by Gasteiger charge is -1.99. The predicted octanol–water partition coefficient (Wildman–Crippen LogP) is 3.54. The van der Waals surface area contributed by atoms with Crippen molar-refractivity contribution >= 4 is 27.5 Å². The van der Waals surface area contributed by atoms with Crippen LogP contribution in [0.25, 0.3) is 0 Å². The number of hydrogen-bond donors (Lipinski definition) is 0. The maximum atomic E-state index is 5.87. The number of aryl methyl sites for hydroxylation is 1. The summed E-state index contributed by atoms with van der Waals surface area (Å²) < 4.78 is 0. The lowest BCUT2D eigenvalue weighted by atomic mass is 10.2. The van der Waals surface area contributed by atoms with Gasteiger partial charge in [-0.25, -0.2) is 0 Å². The van der Waals surface area contributed by atoms with Gasteiger partial charge in [-0.05, 0) is 18.6 Å². The topological polar surface area (TPSA) is 0 Å². The molecule has 0 amide bonds. The number of halogens is 2. The molecule has 0 spiro atoms. The van der Waals surface area contributed by atoms with E-state index >= 15 is 0 Å². The number of rotatable bonds is 1. The molecule has 0 fully saturated rings. The van der Waals surface area contributed by atoms with Crippen molar-refractivity contribution in [2.24, 2.45) is 0 Å². The summed E-state index contributed by atoms with van der Waals surface area (Å²) in [5.41, 5.74) is 2.40. The fraction of sp³-hybridized carbons (Fsp3) is 0.250. The third-order valence-electron chi connectivity index (χ3n) is 1.35. The van der Waals surface area contributed by atoms with E-state index < -0.39 is 0 Å². The molecule has 0 aliphatic rings. The van der Waals surface area contributed by atoms with E-state index in [2.05, 4.69) is 28.9 Å². The third kappa shape index (κ3) is 1.74. The Morgan fingerprint density at radius 1 is 1.50 bits per heavy atom. The Morgan fingerprint density at radius 3 is 2.70 bits per heavy atom. The van der Waals surface area contributed by atoms with Crippen molar-refractivity contribution in [1.82, 2.24) is 0 Å². The fourth-order valence-electron chi connectivity index (χ4n) is 0.806. The molecule has 0 heterocycles. The van der Waals surface area contributed by atoms with Crippen LogP contribution in [-0.2, 0) is 5.33 Å². The minimum absolute atomic E-state index is 0.827. The molecular weight excluding hydrogens is 211 g/mol. The maximum absolute atomic E-state index is 5.87. The Morgan fingerprint density at radius 2 is 2.20 bits per heavy atom. The van der Waals surface area contributed by atoms with Crippen LogP contribution < -0.4 is 0 Å². The Bertz CT molecular complexity index is 233. The SMILES string of the molecule is Cc1ccc(Cl)c(CBr)c1. The molecule has 0 aliphatic carbocycles. The molecule has 1 aromatic carbocycles. The third-order valence-corrected chi connectivity index (χ3v) is 2.32. The molecule has 0 unspecified atom stereocenters. The Labute approximate surface area is 74.3 Å².